The van der Waals surface area contributed by atoms with Crippen molar-refractivity contribution in [2.45, 2.75) is 44.6 Å². The Kier molecular flexibility index (Phi) is 7.15. The Balaban J connectivity index is 2.30. The maximum Gasteiger partial charge on any atom is 0.344 e. The van der Waals surface area contributed by atoms with Crippen molar-refractivity contribution in [3.63, 3.8) is 0 Å². The summed E-state index contributed by atoms with van der Waals surface area (Å²) in [6.45, 7) is 9.04. The fraction of sp³-hybridized carbons (Fsp3) is 0.625. The summed E-state index contributed by atoms with van der Waals surface area (Å²) in [6, 6.07) is 0. The van der Waals surface area contributed by atoms with Crippen LogP contribution in [0, 0.1) is 0 Å². The van der Waals surface area contributed by atoms with Gasteiger partial charge in [-0.3, -0.25) is 0 Å². The Bertz CT molecular complexity index is 393. The maximum absolute atomic E-state index is 11.8. The van der Waals surface area contributed by atoms with E-state index < -0.39 is 11.9 Å². The number of rotatable bonds is 9. The van der Waals surface area contributed by atoms with E-state index >= 15 is 0 Å². The molecule has 0 aromatic rings. The van der Waals surface area contributed by atoms with Crippen molar-refractivity contribution in [2.24, 2.45) is 0 Å². The number of carbonyl (C=O) groups excluding carboxylic acids is 2. The van der Waals surface area contributed by atoms with E-state index in [1.54, 1.807) is 6.08 Å². The second-order valence-electron chi connectivity index (χ2n) is 5.20. The van der Waals surface area contributed by atoms with Crippen LogP contribution in [0.2, 0.25) is 0 Å². The van der Waals surface area contributed by atoms with Gasteiger partial charge in [-0.05, 0) is 32.1 Å². The summed E-state index contributed by atoms with van der Waals surface area (Å²) in [5, 5.41) is 0. The average Bonchev–Trinajstić information content (AvgIpc) is 2.94. The van der Waals surface area contributed by atoms with E-state index in [2.05, 4.69) is 13.2 Å². The molecule has 5 nitrogen and oxygen atoms in total. The molecule has 0 aromatic heterocycles. The summed E-state index contributed by atoms with van der Waals surface area (Å²) in [5.74, 6) is -1.15. The van der Waals surface area contributed by atoms with Crippen LogP contribution in [0.1, 0.15) is 39.0 Å². The molecule has 1 aliphatic carbocycles. The smallest absolute Gasteiger partial charge is 0.344 e. The Morgan fingerprint density at radius 3 is 2.48 bits per heavy atom. The van der Waals surface area contributed by atoms with E-state index in [1.807, 2.05) is 6.92 Å². The van der Waals surface area contributed by atoms with Crippen molar-refractivity contribution in [1.29, 1.82) is 0 Å². The highest BCUT2D eigenvalue weighted by molar-refractivity contribution is 5.89. The molecule has 1 fully saturated rings. The van der Waals surface area contributed by atoms with Gasteiger partial charge in [0.15, 0.2) is 6.61 Å². The molecule has 0 aliphatic heterocycles. The molecular weight excluding hydrogens is 272 g/mol. The molecule has 0 unspecified atom stereocenters. The van der Waals surface area contributed by atoms with Gasteiger partial charge in [-0.15, -0.1) is 6.58 Å². The highest BCUT2D eigenvalue weighted by Gasteiger charge is 2.36. The summed E-state index contributed by atoms with van der Waals surface area (Å²) >= 11 is 0. The van der Waals surface area contributed by atoms with Crippen molar-refractivity contribution >= 4 is 11.9 Å². The Morgan fingerprint density at radius 1 is 1.24 bits per heavy atom. The van der Waals surface area contributed by atoms with Crippen LogP contribution < -0.4 is 0 Å². The molecular formula is C16H24O5. The van der Waals surface area contributed by atoms with Crippen LogP contribution in [0.4, 0.5) is 0 Å². The maximum atomic E-state index is 11.8. The molecule has 1 saturated carbocycles. The van der Waals surface area contributed by atoms with Gasteiger partial charge in [0.25, 0.3) is 0 Å². The van der Waals surface area contributed by atoms with Gasteiger partial charge in [0.05, 0.1) is 18.8 Å². The van der Waals surface area contributed by atoms with E-state index in [0.29, 0.717) is 6.61 Å². The number of hydrogen-bond donors (Lipinski definition) is 0. The third-order valence-corrected chi connectivity index (χ3v) is 3.61. The standard InChI is InChI=1S/C16H24O5/c1-4-10-19-11-13(3)15(18)20-12-14(17)21-16(5-2)8-6-7-9-16/h4H,1,3,5-12H2,2H3. The van der Waals surface area contributed by atoms with Crippen molar-refractivity contribution < 1.29 is 23.8 Å². The SMILES string of the molecule is C=CCOCC(=C)C(=O)OCC(=O)OC1(CC)CCCC1. The van der Waals surface area contributed by atoms with Gasteiger partial charge in [0.1, 0.15) is 5.60 Å². The van der Waals surface area contributed by atoms with Gasteiger partial charge in [0, 0.05) is 0 Å². The molecule has 0 bridgehead atoms. The van der Waals surface area contributed by atoms with Gasteiger partial charge in [0.2, 0.25) is 0 Å². The second kappa shape index (κ2) is 8.62. The highest BCUT2D eigenvalue weighted by Crippen LogP contribution is 2.35. The Morgan fingerprint density at radius 2 is 1.90 bits per heavy atom. The molecule has 0 heterocycles. The Labute approximate surface area is 125 Å². The average molecular weight is 296 g/mol. The minimum absolute atomic E-state index is 0.0544. The molecule has 0 aromatic carbocycles. The normalized spacial score (nSPS) is 16.2. The summed E-state index contributed by atoms with van der Waals surface area (Å²) in [7, 11) is 0. The number of ether oxygens (including phenoxy) is 3. The van der Waals surface area contributed by atoms with Gasteiger partial charge in [-0.1, -0.05) is 19.6 Å². The molecule has 0 spiro atoms. The minimum atomic E-state index is -0.645. The van der Waals surface area contributed by atoms with Gasteiger partial charge in [-0.25, -0.2) is 9.59 Å². The summed E-state index contributed by atoms with van der Waals surface area (Å²) in [6.07, 6.45) is 6.25. The topological polar surface area (TPSA) is 61.8 Å². The van der Waals surface area contributed by atoms with Gasteiger partial charge >= 0.3 is 11.9 Å². The lowest BCUT2D eigenvalue weighted by atomic mass is 9.99. The van der Waals surface area contributed by atoms with Gasteiger partial charge < -0.3 is 14.2 Å². The summed E-state index contributed by atoms with van der Waals surface area (Å²) in [4.78, 5) is 23.4. The first-order valence-corrected chi connectivity index (χ1v) is 7.28. The first-order chi connectivity index (χ1) is 10.0. The lowest BCUT2D eigenvalue weighted by Gasteiger charge is -2.27. The minimum Gasteiger partial charge on any atom is -0.457 e. The van der Waals surface area contributed by atoms with E-state index in [4.69, 9.17) is 14.2 Å². The Hall–Kier alpha value is -1.62. The van der Waals surface area contributed by atoms with E-state index in [0.717, 1.165) is 32.1 Å². The molecule has 0 N–H and O–H groups in total. The zero-order valence-corrected chi connectivity index (χ0v) is 12.7. The first kappa shape index (κ1) is 17.4. The van der Waals surface area contributed by atoms with Crippen molar-refractivity contribution in [1.82, 2.24) is 0 Å². The van der Waals surface area contributed by atoms with Crippen LogP contribution in [0.15, 0.2) is 24.8 Å². The quantitative estimate of drug-likeness (QED) is 0.283. The molecule has 1 aliphatic rings. The largest absolute Gasteiger partial charge is 0.457 e. The zero-order valence-electron chi connectivity index (χ0n) is 12.7. The van der Waals surface area contributed by atoms with Gasteiger partial charge in [-0.2, -0.15) is 0 Å². The monoisotopic (exact) mass is 296 g/mol. The van der Waals surface area contributed by atoms with Crippen LogP contribution in [0.5, 0.6) is 0 Å². The van der Waals surface area contributed by atoms with Crippen LogP contribution in [0.25, 0.3) is 0 Å². The predicted molar refractivity (Wildman–Crippen MR) is 78.7 cm³/mol. The van der Waals surface area contributed by atoms with Crippen LogP contribution in [-0.2, 0) is 23.8 Å². The molecule has 0 atom stereocenters. The third kappa shape index (κ3) is 5.71. The molecule has 1 rings (SSSR count). The zero-order chi connectivity index (χ0) is 15.7. The predicted octanol–water partition coefficient (Wildman–Crippen LogP) is 2.55. The second-order valence-corrected chi connectivity index (χ2v) is 5.20. The van der Waals surface area contributed by atoms with Crippen LogP contribution in [0.3, 0.4) is 0 Å². The van der Waals surface area contributed by atoms with E-state index in [1.165, 1.54) is 0 Å². The molecule has 5 heteroatoms. The molecule has 0 amide bonds. The van der Waals surface area contributed by atoms with Crippen LogP contribution in [-0.4, -0.2) is 37.4 Å². The van der Waals surface area contributed by atoms with Crippen molar-refractivity contribution in [2.75, 3.05) is 19.8 Å². The molecule has 21 heavy (non-hydrogen) atoms. The lowest BCUT2D eigenvalue weighted by molar-refractivity contribution is -0.169. The van der Waals surface area contributed by atoms with E-state index in [-0.39, 0.29) is 24.4 Å². The third-order valence-electron chi connectivity index (χ3n) is 3.61. The fourth-order valence-corrected chi connectivity index (χ4v) is 2.37. The van der Waals surface area contributed by atoms with Crippen LogP contribution >= 0.6 is 0 Å². The fourth-order valence-electron chi connectivity index (χ4n) is 2.37. The first-order valence-electron chi connectivity index (χ1n) is 7.28. The molecule has 0 saturated heterocycles. The summed E-state index contributed by atoms with van der Waals surface area (Å²) in [5.41, 5.74) is -0.205. The number of esters is 2. The molecule has 0 radical (unpaired) electrons. The number of carbonyl (C=O) groups is 2. The van der Waals surface area contributed by atoms with Crippen molar-refractivity contribution in [3.05, 3.63) is 24.8 Å². The molecule has 118 valence electrons. The summed E-state index contributed by atoms with van der Waals surface area (Å²) < 4.78 is 15.4. The number of hydrogen-bond acceptors (Lipinski definition) is 5. The van der Waals surface area contributed by atoms with E-state index in [9.17, 15) is 9.59 Å². The highest BCUT2D eigenvalue weighted by atomic mass is 16.6. The van der Waals surface area contributed by atoms with Crippen molar-refractivity contribution in [3.8, 4) is 0 Å². The lowest BCUT2D eigenvalue weighted by Crippen LogP contribution is -2.33.